The summed E-state index contributed by atoms with van der Waals surface area (Å²) in [5.74, 6) is 1.21. The van der Waals surface area contributed by atoms with Gasteiger partial charge in [0.25, 0.3) is 0 Å². The molecule has 0 spiro atoms. The second-order valence-corrected chi connectivity index (χ2v) is 5.76. The Labute approximate surface area is 144 Å². The average Bonchev–Trinajstić information content (AvgIpc) is 3.32. The van der Waals surface area contributed by atoms with Crippen LogP contribution >= 0.6 is 0 Å². The van der Waals surface area contributed by atoms with Crippen LogP contribution in [0.2, 0.25) is 0 Å². The first-order valence-electron chi connectivity index (χ1n) is 7.92. The van der Waals surface area contributed by atoms with E-state index in [-0.39, 0.29) is 6.04 Å². The number of benzene rings is 2. The Hall–Kier alpha value is -3.42. The summed E-state index contributed by atoms with van der Waals surface area (Å²) in [6.07, 6.45) is 0. The van der Waals surface area contributed by atoms with Crippen LogP contribution in [-0.4, -0.2) is 40.4 Å². The lowest BCUT2D eigenvalue weighted by atomic mass is 10.1. The number of hydrogen-bond acceptors (Lipinski definition) is 6. The van der Waals surface area contributed by atoms with Gasteiger partial charge in [-0.25, -0.2) is 0 Å². The molecule has 25 heavy (non-hydrogen) atoms. The zero-order chi connectivity index (χ0) is 17.2. The zero-order valence-electron chi connectivity index (χ0n) is 13.9. The second-order valence-electron chi connectivity index (χ2n) is 5.76. The molecule has 0 saturated heterocycles. The van der Waals surface area contributed by atoms with E-state index >= 15 is 0 Å². The molecule has 2 aromatic heterocycles. The Bertz CT molecular complexity index is 971. The minimum absolute atomic E-state index is 0.262. The summed E-state index contributed by atoms with van der Waals surface area (Å²) in [6.45, 7) is 3.98. The van der Waals surface area contributed by atoms with Gasteiger partial charge in [0, 0.05) is 5.56 Å². The van der Waals surface area contributed by atoms with Crippen LogP contribution in [0.15, 0.2) is 54.6 Å². The predicted molar refractivity (Wildman–Crippen MR) is 91.0 cm³/mol. The third-order valence-corrected chi connectivity index (χ3v) is 3.95. The summed E-state index contributed by atoms with van der Waals surface area (Å²) in [5, 5.41) is 24.8. The second kappa shape index (κ2) is 6.23. The van der Waals surface area contributed by atoms with Crippen LogP contribution in [0, 0.1) is 6.92 Å². The number of hydrogen-bond donors (Lipinski definition) is 0. The van der Waals surface area contributed by atoms with Crippen LogP contribution in [0.3, 0.4) is 0 Å². The molecular formula is C17H16N8. The van der Waals surface area contributed by atoms with E-state index < -0.39 is 0 Å². The predicted octanol–water partition coefficient (Wildman–Crippen LogP) is 2.23. The van der Waals surface area contributed by atoms with E-state index in [1.165, 1.54) is 10.4 Å². The standard InChI is InChI=1S/C17H16N8/c1-12-8-10-14(11-9-12)16-18-22-25(20-16)13(2)17-19-21-23-24(17)15-6-4-3-5-7-15/h3-11,13H,1-2H3/t13-/m0/s1. The van der Waals surface area contributed by atoms with Gasteiger partial charge in [-0.2, -0.15) is 9.48 Å². The number of tetrazole rings is 2. The van der Waals surface area contributed by atoms with E-state index in [0.29, 0.717) is 11.6 Å². The number of rotatable bonds is 4. The van der Waals surface area contributed by atoms with Gasteiger partial charge in [-0.15, -0.1) is 15.3 Å². The fraction of sp³-hybridized carbons (Fsp3) is 0.176. The molecule has 4 rings (SSSR count). The van der Waals surface area contributed by atoms with Gasteiger partial charge in [0.05, 0.1) is 5.69 Å². The van der Waals surface area contributed by atoms with Crippen LogP contribution in [0.5, 0.6) is 0 Å². The van der Waals surface area contributed by atoms with E-state index in [1.807, 2.05) is 68.4 Å². The van der Waals surface area contributed by atoms with Crippen LogP contribution in [0.4, 0.5) is 0 Å². The van der Waals surface area contributed by atoms with Crippen molar-refractivity contribution in [2.45, 2.75) is 19.9 Å². The van der Waals surface area contributed by atoms with E-state index in [4.69, 9.17) is 0 Å². The molecule has 8 heteroatoms. The monoisotopic (exact) mass is 332 g/mol. The maximum Gasteiger partial charge on any atom is 0.204 e. The van der Waals surface area contributed by atoms with E-state index in [1.54, 1.807) is 4.68 Å². The third kappa shape index (κ3) is 2.89. The summed E-state index contributed by atoms with van der Waals surface area (Å²) in [5.41, 5.74) is 2.99. The van der Waals surface area contributed by atoms with Crippen LogP contribution in [-0.2, 0) is 0 Å². The van der Waals surface area contributed by atoms with Gasteiger partial charge in [-0.05, 0) is 41.6 Å². The van der Waals surface area contributed by atoms with Crippen molar-refractivity contribution in [2.24, 2.45) is 0 Å². The molecule has 2 aromatic carbocycles. The van der Waals surface area contributed by atoms with Crippen molar-refractivity contribution in [1.29, 1.82) is 0 Å². The largest absolute Gasteiger partial charge is 0.204 e. The quantitative estimate of drug-likeness (QED) is 0.569. The molecule has 0 unspecified atom stereocenters. The fourth-order valence-electron chi connectivity index (χ4n) is 2.52. The van der Waals surface area contributed by atoms with Crippen molar-refractivity contribution < 1.29 is 0 Å². The van der Waals surface area contributed by atoms with Crippen molar-refractivity contribution in [1.82, 2.24) is 40.4 Å². The molecule has 0 aliphatic carbocycles. The summed E-state index contributed by atoms with van der Waals surface area (Å²) in [6, 6.07) is 17.5. The first kappa shape index (κ1) is 15.1. The lowest BCUT2D eigenvalue weighted by molar-refractivity contribution is 0.453. The minimum atomic E-state index is -0.262. The Balaban J connectivity index is 1.66. The zero-order valence-corrected chi connectivity index (χ0v) is 13.9. The third-order valence-electron chi connectivity index (χ3n) is 3.95. The molecule has 0 saturated carbocycles. The van der Waals surface area contributed by atoms with Crippen molar-refractivity contribution >= 4 is 0 Å². The number of aromatic nitrogens is 8. The normalized spacial score (nSPS) is 12.2. The molecule has 8 nitrogen and oxygen atoms in total. The van der Waals surface area contributed by atoms with E-state index in [0.717, 1.165) is 11.3 Å². The van der Waals surface area contributed by atoms with Gasteiger partial charge in [0.15, 0.2) is 5.82 Å². The van der Waals surface area contributed by atoms with Gasteiger partial charge < -0.3 is 0 Å². The number of aryl methyl sites for hydroxylation is 1. The number of para-hydroxylation sites is 1. The van der Waals surface area contributed by atoms with Gasteiger partial charge in [0.2, 0.25) is 5.82 Å². The molecule has 0 fully saturated rings. The lowest BCUT2D eigenvalue weighted by Gasteiger charge is -2.09. The van der Waals surface area contributed by atoms with Crippen molar-refractivity contribution in [3.05, 3.63) is 66.0 Å². The first-order chi connectivity index (χ1) is 12.2. The van der Waals surface area contributed by atoms with Gasteiger partial charge in [-0.3, -0.25) is 0 Å². The van der Waals surface area contributed by atoms with Crippen molar-refractivity contribution in [3.8, 4) is 17.1 Å². The molecule has 0 bridgehead atoms. The molecular weight excluding hydrogens is 316 g/mol. The van der Waals surface area contributed by atoms with Crippen molar-refractivity contribution in [2.75, 3.05) is 0 Å². The summed E-state index contributed by atoms with van der Waals surface area (Å²) in [7, 11) is 0. The highest BCUT2D eigenvalue weighted by Crippen LogP contribution is 2.19. The highest BCUT2D eigenvalue weighted by molar-refractivity contribution is 5.54. The Morgan fingerprint density at radius 2 is 1.64 bits per heavy atom. The van der Waals surface area contributed by atoms with E-state index in [2.05, 4.69) is 30.9 Å². The van der Waals surface area contributed by atoms with Crippen LogP contribution in [0.1, 0.15) is 24.4 Å². The Morgan fingerprint density at radius 1 is 0.880 bits per heavy atom. The molecule has 1 atom stereocenters. The molecule has 4 aromatic rings. The highest BCUT2D eigenvalue weighted by atomic mass is 15.6. The topological polar surface area (TPSA) is 87.2 Å². The average molecular weight is 332 g/mol. The fourth-order valence-corrected chi connectivity index (χ4v) is 2.52. The molecule has 0 N–H and O–H groups in total. The maximum atomic E-state index is 4.49. The lowest BCUT2D eigenvalue weighted by Crippen LogP contribution is -2.16. The molecule has 2 heterocycles. The molecule has 0 radical (unpaired) electrons. The Kier molecular flexibility index (Phi) is 3.77. The number of nitrogens with zero attached hydrogens (tertiary/aromatic N) is 8. The molecule has 124 valence electrons. The molecule has 0 aliphatic heterocycles. The molecule has 0 aliphatic rings. The van der Waals surface area contributed by atoms with Gasteiger partial charge in [0.1, 0.15) is 6.04 Å². The van der Waals surface area contributed by atoms with E-state index in [9.17, 15) is 0 Å². The molecule has 0 amide bonds. The highest BCUT2D eigenvalue weighted by Gasteiger charge is 2.20. The Morgan fingerprint density at radius 3 is 2.40 bits per heavy atom. The van der Waals surface area contributed by atoms with Gasteiger partial charge in [-0.1, -0.05) is 48.0 Å². The van der Waals surface area contributed by atoms with Gasteiger partial charge >= 0.3 is 0 Å². The summed E-state index contributed by atoms with van der Waals surface area (Å²) < 4.78 is 1.68. The summed E-state index contributed by atoms with van der Waals surface area (Å²) in [4.78, 5) is 1.53. The first-order valence-corrected chi connectivity index (χ1v) is 7.92. The minimum Gasteiger partial charge on any atom is -0.195 e. The van der Waals surface area contributed by atoms with Crippen LogP contribution in [0.25, 0.3) is 17.1 Å². The van der Waals surface area contributed by atoms with Crippen LogP contribution < -0.4 is 0 Å². The van der Waals surface area contributed by atoms with Crippen molar-refractivity contribution in [3.63, 3.8) is 0 Å². The maximum absolute atomic E-state index is 4.49. The summed E-state index contributed by atoms with van der Waals surface area (Å²) >= 11 is 0. The smallest absolute Gasteiger partial charge is 0.195 e. The SMILES string of the molecule is Cc1ccc(-c2nnn([C@@H](C)c3nnnn3-c3ccccc3)n2)cc1.